The predicted molar refractivity (Wildman–Crippen MR) is 263 cm³/mol. The summed E-state index contributed by atoms with van der Waals surface area (Å²) in [5, 5.41) is 0.813. The fraction of sp³-hybridized carbons (Fsp3) is 0.192. The number of rotatable bonds is 18. The van der Waals surface area contributed by atoms with Crippen LogP contribution in [0.5, 0.6) is 11.5 Å². The number of halogens is 2. The van der Waals surface area contributed by atoms with Crippen LogP contribution >= 0.6 is 41.6 Å². The molecule has 58 heavy (non-hydrogen) atoms. The summed E-state index contributed by atoms with van der Waals surface area (Å²) in [6.07, 6.45) is 5.42. The average Bonchev–Trinajstić information content (AvgIpc) is 3.29. The second-order valence-electron chi connectivity index (χ2n) is 15.2. The van der Waals surface area contributed by atoms with Crippen molar-refractivity contribution in [2.75, 3.05) is 13.2 Å². The van der Waals surface area contributed by atoms with Gasteiger partial charge in [0.15, 0.2) is 0 Å². The Morgan fingerprint density at radius 1 is 0.362 bits per heavy atom. The van der Waals surface area contributed by atoms with Crippen LogP contribution in [0, 0.1) is 0 Å². The molecular formula is C52H54Br2O2P2. The SMILES string of the molecule is CCCCOc1cc(CP(Br)(c2ccccc2)(c2ccccc2)c2ccccc2)c(OCCCC)cc1CP(Br)(c1ccccc1)(c1ccccc1)c1ccccc1. The molecule has 0 atom stereocenters. The Morgan fingerprint density at radius 2 is 0.586 bits per heavy atom. The van der Waals surface area contributed by atoms with Crippen LogP contribution in [-0.4, -0.2) is 13.2 Å². The second kappa shape index (κ2) is 18.5. The zero-order valence-electron chi connectivity index (χ0n) is 33.6. The normalized spacial score (nSPS) is 13.1. The molecule has 0 amide bonds. The molecule has 7 aromatic rings. The molecule has 0 saturated heterocycles. The van der Waals surface area contributed by atoms with Crippen LogP contribution < -0.4 is 41.3 Å². The van der Waals surface area contributed by atoms with E-state index in [1.54, 1.807) is 0 Å². The van der Waals surface area contributed by atoms with Crippen LogP contribution in [0.3, 0.4) is 0 Å². The van der Waals surface area contributed by atoms with E-state index in [0.717, 1.165) is 48.3 Å². The molecule has 298 valence electrons. The zero-order valence-corrected chi connectivity index (χ0v) is 38.6. The van der Waals surface area contributed by atoms with Gasteiger partial charge in [-0.1, -0.05) is 0 Å². The van der Waals surface area contributed by atoms with E-state index in [1.165, 1.54) is 31.8 Å². The van der Waals surface area contributed by atoms with Crippen molar-refractivity contribution in [1.82, 2.24) is 0 Å². The molecule has 6 heteroatoms. The first kappa shape index (κ1) is 42.1. The summed E-state index contributed by atoms with van der Waals surface area (Å²) in [7, 11) is 0. The third-order valence-electron chi connectivity index (χ3n) is 11.5. The minimum atomic E-state index is -3.40. The van der Waals surface area contributed by atoms with Gasteiger partial charge in [-0.05, 0) is 0 Å². The fourth-order valence-electron chi connectivity index (χ4n) is 8.33. The van der Waals surface area contributed by atoms with E-state index in [1.807, 2.05) is 0 Å². The topological polar surface area (TPSA) is 18.5 Å². The minimum absolute atomic E-state index is 0.632. The van der Waals surface area contributed by atoms with Crippen LogP contribution in [0.4, 0.5) is 0 Å². The Kier molecular flexibility index (Phi) is 13.4. The Balaban J connectivity index is 1.53. The summed E-state index contributed by atoms with van der Waals surface area (Å²) < 4.78 is 14.0. The van der Waals surface area contributed by atoms with Crippen molar-refractivity contribution in [3.8, 4) is 11.5 Å². The molecule has 0 bridgehead atoms. The van der Waals surface area contributed by atoms with Gasteiger partial charge in [0, 0.05) is 0 Å². The third kappa shape index (κ3) is 7.99. The maximum atomic E-state index is 7.01. The van der Waals surface area contributed by atoms with Crippen molar-refractivity contribution in [2.45, 2.75) is 51.9 Å². The number of benzene rings is 7. The molecule has 0 spiro atoms. The van der Waals surface area contributed by atoms with Gasteiger partial charge in [-0.2, -0.15) is 0 Å². The maximum absolute atomic E-state index is 7.01. The summed E-state index contributed by atoms with van der Waals surface area (Å²) in [5.41, 5.74) is 2.26. The first-order valence-corrected chi connectivity index (χ1v) is 29.4. The van der Waals surface area contributed by atoms with Gasteiger partial charge in [0.25, 0.3) is 0 Å². The first-order valence-electron chi connectivity index (χ1n) is 20.5. The molecule has 0 N–H and O–H groups in total. The number of ether oxygens (including phenoxy) is 2. The molecule has 2 nitrogen and oxygen atoms in total. The van der Waals surface area contributed by atoms with E-state index in [9.17, 15) is 0 Å². The zero-order chi connectivity index (χ0) is 40.4. The summed E-state index contributed by atoms with van der Waals surface area (Å²) in [4.78, 5) is 0. The van der Waals surface area contributed by atoms with Gasteiger partial charge in [0.2, 0.25) is 0 Å². The van der Waals surface area contributed by atoms with E-state index in [-0.39, 0.29) is 0 Å². The molecule has 0 radical (unpaired) electrons. The van der Waals surface area contributed by atoms with Crippen molar-refractivity contribution in [3.63, 3.8) is 0 Å². The van der Waals surface area contributed by atoms with Crippen LogP contribution in [0.1, 0.15) is 50.7 Å². The van der Waals surface area contributed by atoms with E-state index >= 15 is 0 Å². The van der Waals surface area contributed by atoms with Crippen molar-refractivity contribution < 1.29 is 9.47 Å². The van der Waals surface area contributed by atoms with Crippen molar-refractivity contribution in [2.24, 2.45) is 0 Å². The van der Waals surface area contributed by atoms with Crippen LogP contribution in [0.25, 0.3) is 0 Å². The summed E-state index contributed by atoms with van der Waals surface area (Å²) >= 11 is 9.52. The van der Waals surface area contributed by atoms with E-state index in [2.05, 4.69) is 208 Å². The van der Waals surface area contributed by atoms with Crippen molar-refractivity contribution >= 4 is 73.4 Å². The molecule has 0 fully saturated rings. The molecular weight excluding hydrogens is 878 g/mol. The van der Waals surface area contributed by atoms with E-state index in [0.29, 0.717) is 25.5 Å². The Bertz CT molecular complexity index is 1990. The van der Waals surface area contributed by atoms with E-state index in [4.69, 9.17) is 40.5 Å². The van der Waals surface area contributed by atoms with Gasteiger partial charge >= 0.3 is 365 Å². The summed E-state index contributed by atoms with van der Waals surface area (Å²) in [5.74, 6) is 1.82. The van der Waals surface area contributed by atoms with Crippen molar-refractivity contribution in [3.05, 3.63) is 205 Å². The van der Waals surface area contributed by atoms with Crippen LogP contribution in [0.2, 0.25) is 0 Å². The van der Waals surface area contributed by atoms with Gasteiger partial charge in [-0.25, -0.2) is 0 Å². The Hall–Kier alpha value is -4.04. The standard InChI is InChI=1S/C52H54Br2O2P2/c1-3-5-37-55-51-39-44(42-58(54,48-31-19-10-20-32-48,49-33-21-11-22-34-49)50-35-23-12-24-36-50)52(56-38-6-4-2)40-43(51)41-57(53,45-25-13-7-14-26-45,46-27-15-8-16-28-46)47-29-17-9-18-30-47/h7-36,39-40H,3-6,37-38,41-42H2,1-2H3. The Morgan fingerprint density at radius 3 is 0.793 bits per heavy atom. The second-order valence-corrected chi connectivity index (χ2v) is 33.0. The average molecular weight is 933 g/mol. The van der Waals surface area contributed by atoms with Crippen molar-refractivity contribution in [1.29, 1.82) is 0 Å². The van der Waals surface area contributed by atoms with Gasteiger partial charge < -0.3 is 0 Å². The summed E-state index contributed by atoms with van der Waals surface area (Å²) in [6.45, 7) is 5.71. The van der Waals surface area contributed by atoms with Gasteiger partial charge in [-0.15, -0.1) is 0 Å². The van der Waals surface area contributed by atoms with Crippen LogP contribution in [-0.2, 0) is 12.3 Å². The van der Waals surface area contributed by atoms with Gasteiger partial charge in [-0.3, -0.25) is 0 Å². The number of unbranched alkanes of at least 4 members (excludes halogenated alkanes) is 2. The van der Waals surface area contributed by atoms with Gasteiger partial charge in [0.1, 0.15) is 0 Å². The molecule has 7 rings (SSSR count). The molecule has 0 heterocycles. The molecule has 0 unspecified atom stereocenters. The molecule has 0 aliphatic carbocycles. The van der Waals surface area contributed by atoms with E-state index < -0.39 is 10.6 Å². The Labute approximate surface area is 362 Å². The number of hydrogen-bond donors (Lipinski definition) is 0. The molecule has 7 aromatic carbocycles. The molecule has 0 aliphatic rings. The monoisotopic (exact) mass is 930 g/mol. The number of hydrogen-bond acceptors (Lipinski definition) is 2. The fourth-order valence-corrected chi connectivity index (χ4v) is 23.6. The molecule has 0 aliphatic heterocycles. The molecule has 0 aromatic heterocycles. The van der Waals surface area contributed by atoms with Gasteiger partial charge in [0.05, 0.1) is 0 Å². The quantitative estimate of drug-likeness (QED) is 0.0631. The molecule has 0 saturated carbocycles. The third-order valence-corrected chi connectivity index (χ3v) is 30.5. The summed E-state index contributed by atoms with van der Waals surface area (Å²) in [6, 6.07) is 70.9. The first-order chi connectivity index (χ1) is 28.3. The predicted octanol–water partition coefficient (Wildman–Crippen LogP) is 12.7. The van der Waals surface area contributed by atoms with Crippen LogP contribution in [0.15, 0.2) is 194 Å².